The molecule has 0 aliphatic rings. The Morgan fingerprint density at radius 2 is 2.15 bits per heavy atom. The largest absolute Gasteiger partial charge is 0.489 e. The van der Waals surface area contributed by atoms with E-state index in [-0.39, 0.29) is 18.5 Å². The van der Waals surface area contributed by atoms with Gasteiger partial charge in [-0.25, -0.2) is 4.39 Å². The second-order valence-corrected chi connectivity index (χ2v) is 5.41. The van der Waals surface area contributed by atoms with Crippen LogP contribution in [0.3, 0.4) is 0 Å². The summed E-state index contributed by atoms with van der Waals surface area (Å²) in [6.45, 7) is 2.34. The van der Waals surface area contributed by atoms with Crippen LogP contribution in [0.25, 0.3) is 0 Å². The van der Waals surface area contributed by atoms with Crippen LogP contribution in [0.15, 0.2) is 41.1 Å². The maximum Gasteiger partial charge on any atom is 0.141 e. The second-order valence-electron chi connectivity index (χ2n) is 4.49. The summed E-state index contributed by atoms with van der Waals surface area (Å²) >= 11 is 3.46. The number of nitrogens with one attached hydrogen (secondary N) is 1. The van der Waals surface area contributed by atoms with Crippen molar-refractivity contribution in [1.82, 2.24) is 10.3 Å². The second kappa shape index (κ2) is 6.81. The van der Waals surface area contributed by atoms with Gasteiger partial charge in [0.2, 0.25) is 0 Å². The summed E-state index contributed by atoms with van der Waals surface area (Å²) in [5, 5.41) is 3.18. The SMILES string of the molecule is CNC(C)c1cc(Br)ccc1OCc1cncc(F)c1. The van der Waals surface area contributed by atoms with Crippen molar-refractivity contribution in [3.8, 4) is 5.75 Å². The van der Waals surface area contributed by atoms with Crippen molar-refractivity contribution in [2.75, 3.05) is 7.05 Å². The van der Waals surface area contributed by atoms with Crippen LogP contribution in [0.5, 0.6) is 5.75 Å². The maximum absolute atomic E-state index is 13.1. The van der Waals surface area contributed by atoms with Crippen LogP contribution in [0.2, 0.25) is 0 Å². The summed E-state index contributed by atoms with van der Waals surface area (Å²) < 4.78 is 19.9. The molecular formula is C15H16BrFN2O. The van der Waals surface area contributed by atoms with E-state index in [4.69, 9.17) is 4.74 Å². The number of aromatic nitrogens is 1. The van der Waals surface area contributed by atoms with Gasteiger partial charge in [0, 0.05) is 27.8 Å². The molecule has 5 heteroatoms. The molecule has 0 spiro atoms. The highest BCUT2D eigenvalue weighted by molar-refractivity contribution is 9.10. The van der Waals surface area contributed by atoms with Gasteiger partial charge in [-0.05, 0) is 38.2 Å². The van der Waals surface area contributed by atoms with Gasteiger partial charge >= 0.3 is 0 Å². The number of benzene rings is 1. The molecule has 2 rings (SSSR count). The summed E-state index contributed by atoms with van der Waals surface area (Å²) in [7, 11) is 1.89. The lowest BCUT2D eigenvalue weighted by Gasteiger charge is -2.17. The number of nitrogens with zero attached hydrogens (tertiary/aromatic N) is 1. The lowest BCUT2D eigenvalue weighted by molar-refractivity contribution is 0.299. The molecule has 1 aromatic heterocycles. The fourth-order valence-electron chi connectivity index (χ4n) is 1.84. The number of pyridine rings is 1. The van der Waals surface area contributed by atoms with Gasteiger partial charge in [-0.1, -0.05) is 15.9 Å². The summed E-state index contributed by atoms with van der Waals surface area (Å²) in [4.78, 5) is 3.81. The van der Waals surface area contributed by atoms with E-state index in [0.717, 1.165) is 15.8 Å². The van der Waals surface area contributed by atoms with Crippen LogP contribution in [0.4, 0.5) is 4.39 Å². The van der Waals surface area contributed by atoms with E-state index in [1.54, 1.807) is 6.20 Å². The predicted octanol–water partition coefficient (Wildman–Crippen LogP) is 3.84. The molecule has 1 atom stereocenters. The number of rotatable bonds is 5. The molecule has 2 aromatic rings. The minimum absolute atomic E-state index is 0.160. The van der Waals surface area contributed by atoms with Crippen molar-refractivity contribution in [1.29, 1.82) is 0 Å². The average Bonchev–Trinajstić information content (AvgIpc) is 2.45. The van der Waals surface area contributed by atoms with Crippen molar-refractivity contribution in [2.45, 2.75) is 19.6 Å². The molecule has 0 saturated heterocycles. The summed E-state index contributed by atoms with van der Waals surface area (Å²) in [6.07, 6.45) is 2.78. The molecule has 0 radical (unpaired) electrons. The zero-order valence-electron chi connectivity index (χ0n) is 11.4. The third-order valence-electron chi connectivity index (χ3n) is 3.03. The molecule has 0 aliphatic carbocycles. The summed E-state index contributed by atoms with van der Waals surface area (Å²) in [6, 6.07) is 7.42. The van der Waals surface area contributed by atoms with Gasteiger partial charge in [-0.2, -0.15) is 0 Å². The quantitative estimate of drug-likeness (QED) is 0.899. The van der Waals surface area contributed by atoms with Crippen LogP contribution in [-0.2, 0) is 6.61 Å². The molecule has 106 valence electrons. The van der Waals surface area contributed by atoms with Crippen LogP contribution in [-0.4, -0.2) is 12.0 Å². The van der Waals surface area contributed by atoms with Crippen LogP contribution < -0.4 is 10.1 Å². The van der Waals surface area contributed by atoms with Gasteiger partial charge < -0.3 is 10.1 Å². The minimum Gasteiger partial charge on any atom is -0.489 e. The molecule has 3 nitrogen and oxygen atoms in total. The first-order valence-corrected chi connectivity index (χ1v) is 7.08. The van der Waals surface area contributed by atoms with Gasteiger partial charge in [0.05, 0.1) is 6.20 Å². The summed E-state index contributed by atoms with van der Waals surface area (Å²) in [5.41, 5.74) is 1.75. The van der Waals surface area contributed by atoms with Crippen LogP contribution in [0.1, 0.15) is 24.1 Å². The fourth-order valence-corrected chi connectivity index (χ4v) is 2.22. The Labute approximate surface area is 126 Å². The first-order valence-electron chi connectivity index (χ1n) is 6.29. The van der Waals surface area contributed by atoms with Crippen molar-refractivity contribution in [3.05, 3.63) is 58.1 Å². The number of hydrogen-bond donors (Lipinski definition) is 1. The van der Waals surface area contributed by atoms with E-state index < -0.39 is 0 Å². The molecule has 0 bridgehead atoms. The molecule has 0 amide bonds. The molecule has 20 heavy (non-hydrogen) atoms. The minimum atomic E-state index is -0.356. The van der Waals surface area contributed by atoms with Crippen molar-refractivity contribution in [3.63, 3.8) is 0 Å². The van der Waals surface area contributed by atoms with Crippen LogP contribution >= 0.6 is 15.9 Å². The number of halogens is 2. The van der Waals surface area contributed by atoms with E-state index >= 15 is 0 Å². The Balaban J connectivity index is 2.16. The van der Waals surface area contributed by atoms with E-state index in [1.807, 2.05) is 25.2 Å². The van der Waals surface area contributed by atoms with Crippen molar-refractivity contribution < 1.29 is 9.13 Å². The van der Waals surface area contributed by atoms with Gasteiger partial charge in [0.1, 0.15) is 18.2 Å². The molecule has 1 unspecified atom stereocenters. The molecule has 1 N–H and O–H groups in total. The Morgan fingerprint density at radius 1 is 1.35 bits per heavy atom. The lowest BCUT2D eigenvalue weighted by Crippen LogP contribution is -2.14. The molecular weight excluding hydrogens is 323 g/mol. The van der Waals surface area contributed by atoms with E-state index in [2.05, 4.69) is 33.2 Å². The third kappa shape index (κ3) is 3.77. The highest BCUT2D eigenvalue weighted by Crippen LogP contribution is 2.29. The molecule has 1 aromatic carbocycles. The molecule has 0 aliphatic heterocycles. The van der Waals surface area contributed by atoms with Gasteiger partial charge in [0.15, 0.2) is 0 Å². The highest BCUT2D eigenvalue weighted by Gasteiger charge is 2.11. The topological polar surface area (TPSA) is 34.1 Å². The fraction of sp³-hybridized carbons (Fsp3) is 0.267. The van der Waals surface area contributed by atoms with Crippen molar-refractivity contribution >= 4 is 15.9 Å². The Morgan fingerprint density at radius 3 is 2.85 bits per heavy atom. The normalized spacial score (nSPS) is 12.2. The maximum atomic E-state index is 13.1. The third-order valence-corrected chi connectivity index (χ3v) is 3.52. The number of hydrogen-bond acceptors (Lipinski definition) is 3. The molecule has 0 fully saturated rings. The van der Waals surface area contributed by atoms with Crippen LogP contribution in [0, 0.1) is 5.82 Å². The Hall–Kier alpha value is -1.46. The van der Waals surface area contributed by atoms with Crippen molar-refractivity contribution in [2.24, 2.45) is 0 Å². The lowest BCUT2D eigenvalue weighted by atomic mass is 10.1. The standard InChI is InChI=1S/C15H16BrFN2O/c1-10(18-2)14-6-12(16)3-4-15(14)20-9-11-5-13(17)8-19-7-11/h3-8,10,18H,9H2,1-2H3. The Kier molecular flexibility index (Phi) is 5.09. The zero-order valence-corrected chi connectivity index (χ0v) is 12.9. The smallest absolute Gasteiger partial charge is 0.141 e. The Bertz CT molecular complexity index is 592. The van der Waals surface area contributed by atoms with E-state index in [9.17, 15) is 4.39 Å². The van der Waals surface area contributed by atoms with E-state index in [1.165, 1.54) is 12.3 Å². The predicted molar refractivity (Wildman–Crippen MR) is 80.1 cm³/mol. The molecule has 0 saturated carbocycles. The zero-order chi connectivity index (χ0) is 14.5. The summed E-state index contributed by atoms with van der Waals surface area (Å²) in [5.74, 6) is 0.421. The first kappa shape index (κ1) is 14.9. The first-order chi connectivity index (χ1) is 9.60. The van der Waals surface area contributed by atoms with Gasteiger partial charge in [-0.3, -0.25) is 4.98 Å². The average molecular weight is 339 g/mol. The number of ether oxygens (including phenoxy) is 1. The molecule has 1 heterocycles. The van der Waals surface area contributed by atoms with Gasteiger partial charge in [-0.15, -0.1) is 0 Å². The van der Waals surface area contributed by atoms with E-state index in [0.29, 0.717) is 5.56 Å². The monoisotopic (exact) mass is 338 g/mol. The van der Waals surface area contributed by atoms with Gasteiger partial charge in [0.25, 0.3) is 0 Å². The highest BCUT2D eigenvalue weighted by atomic mass is 79.9.